The van der Waals surface area contributed by atoms with E-state index < -0.39 is 12.0 Å². The molecule has 0 aliphatic heterocycles. The Morgan fingerprint density at radius 1 is 1.35 bits per heavy atom. The molecule has 4 N–H and O–H groups in total. The summed E-state index contributed by atoms with van der Waals surface area (Å²) < 4.78 is 0. The molecule has 0 radical (unpaired) electrons. The van der Waals surface area contributed by atoms with Crippen molar-refractivity contribution in [2.24, 2.45) is 11.1 Å². The zero-order valence-electron chi connectivity index (χ0n) is 12.2. The number of rotatable bonds is 8. The van der Waals surface area contributed by atoms with Gasteiger partial charge in [-0.1, -0.05) is 19.3 Å². The number of carbonyl (C=O) groups is 2. The third kappa shape index (κ3) is 5.32. The zero-order chi connectivity index (χ0) is 15.0. The molecule has 5 nitrogen and oxygen atoms in total. The van der Waals surface area contributed by atoms with Crippen molar-refractivity contribution in [3.8, 4) is 0 Å². The molecule has 1 rings (SSSR count). The molecule has 1 aliphatic rings. The lowest BCUT2D eigenvalue weighted by Gasteiger charge is -2.35. The number of hydrogen-bond acceptors (Lipinski definition) is 4. The van der Waals surface area contributed by atoms with Gasteiger partial charge in [-0.15, -0.1) is 0 Å². The molecule has 1 fully saturated rings. The third-order valence-electron chi connectivity index (χ3n) is 4.13. The summed E-state index contributed by atoms with van der Waals surface area (Å²) in [5, 5.41) is 11.8. The van der Waals surface area contributed by atoms with E-state index in [4.69, 9.17) is 10.8 Å². The zero-order valence-corrected chi connectivity index (χ0v) is 13.0. The van der Waals surface area contributed by atoms with E-state index in [2.05, 4.69) is 5.32 Å². The summed E-state index contributed by atoms with van der Waals surface area (Å²) in [7, 11) is 0. The maximum atomic E-state index is 12.1. The largest absolute Gasteiger partial charge is 0.480 e. The van der Waals surface area contributed by atoms with Crippen molar-refractivity contribution in [2.45, 2.75) is 51.0 Å². The van der Waals surface area contributed by atoms with Gasteiger partial charge in [-0.25, -0.2) is 4.79 Å². The quantitative estimate of drug-likeness (QED) is 0.633. The van der Waals surface area contributed by atoms with Crippen LogP contribution < -0.4 is 11.1 Å². The highest BCUT2D eigenvalue weighted by molar-refractivity contribution is 7.98. The van der Waals surface area contributed by atoms with E-state index >= 15 is 0 Å². The van der Waals surface area contributed by atoms with Crippen LogP contribution in [-0.4, -0.2) is 41.6 Å². The topological polar surface area (TPSA) is 92.4 Å². The van der Waals surface area contributed by atoms with Gasteiger partial charge in [0.25, 0.3) is 0 Å². The normalized spacial score (nSPS) is 19.3. The number of carbonyl (C=O) groups excluding carboxylic acids is 1. The number of aliphatic carboxylic acids is 1. The van der Waals surface area contributed by atoms with Gasteiger partial charge in [0, 0.05) is 6.42 Å². The first-order chi connectivity index (χ1) is 9.53. The Morgan fingerprint density at radius 3 is 2.50 bits per heavy atom. The number of carboxylic acids is 1. The minimum atomic E-state index is -0.960. The molecule has 0 bridgehead atoms. The van der Waals surface area contributed by atoms with Gasteiger partial charge >= 0.3 is 5.97 Å². The molecule has 1 amide bonds. The fourth-order valence-corrected chi connectivity index (χ4v) is 3.31. The van der Waals surface area contributed by atoms with Gasteiger partial charge < -0.3 is 16.2 Å². The fraction of sp³-hybridized carbons (Fsp3) is 0.857. The Labute approximate surface area is 125 Å². The van der Waals surface area contributed by atoms with Gasteiger partial charge in [-0.05, 0) is 43.2 Å². The maximum Gasteiger partial charge on any atom is 0.326 e. The minimum absolute atomic E-state index is 0.120. The molecule has 6 heteroatoms. The summed E-state index contributed by atoms with van der Waals surface area (Å²) in [5.74, 6) is -0.414. The molecule has 0 heterocycles. The van der Waals surface area contributed by atoms with Crippen LogP contribution in [0.5, 0.6) is 0 Å². The smallest absolute Gasteiger partial charge is 0.326 e. The molecule has 0 spiro atoms. The van der Waals surface area contributed by atoms with E-state index in [0.29, 0.717) is 19.4 Å². The number of nitrogens with one attached hydrogen (secondary N) is 1. The van der Waals surface area contributed by atoms with Gasteiger partial charge in [0.2, 0.25) is 5.91 Å². The van der Waals surface area contributed by atoms with E-state index in [1.807, 2.05) is 6.26 Å². The summed E-state index contributed by atoms with van der Waals surface area (Å²) in [6.07, 6.45) is 8.10. The monoisotopic (exact) mass is 302 g/mol. The SMILES string of the molecule is CSCC[C@H](NC(=O)CC1(CN)CCCCC1)C(=O)O. The number of hydrogen-bond donors (Lipinski definition) is 3. The van der Waals surface area contributed by atoms with Crippen LogP contribution in [-0.2, 0) is 9.59 Å². The van der Waals surface area contributed by atoms with Crippen molar-refractivity contribution in [3.63, 3.8) is 0 Å². The van der Waals surface area contributed by atoms with Gasteiger partial charge in [-0.2, -0.15) is 11.8 Å². The highest BCUT2D eigenvalue weighted by atomic mass is 32.2. The Hall–Kier alpha value is -0.750. The summed E-state index contributed by atoms with van der Waals surface area (Å²) in [6.45, 7) is 0.503. The van der Waals surface area contributed by atoms with Crippen LogP contribution in [0.1, 0.15) is 44.9 Å². The van der Waals surface area contributed by atoms with Crippen LogP contribution in [0.2, 0.25) is 0 Å². The van der Waals surface area contributed by atoms with E-state index in [1.54, 1.807) is 11.8 Å². The number of nitrogens with two attached hydrogens (primary N) is 1. The standard InChI is InChI=1S/C14H26N2O3S/c1-20-8-5-11(13(18)19)16-12(17)9-14(10-15)6-3-2-4-7-14/h11H,2-10,15H2,1H3,(H,16,17)(H,18,19)/t11-/m0/s1. The first-order valence-electron chi connectivity index (χ1n) is 7.24. The number of amides is 1. The van der Waals surface area contributed by atoms with Crippen LogP contribution in [0.3, 0.4) is 0 Å². The van der Waals surface area contributed by atoms with Crippen molar-refractivity contribution < 1.29 is 14.7 Å². The molecule has 1 atom stereocenters. The van der Waals surface area contributed by atoms with Gasteiger partial charge in [0.05, 0.1) is 0 Å². The lowest BCUT2D eigenvalue weighted by molar-refractivity contribution is -0.142. The van der Waals surface area contributed by atoms with E-state index in [9.17, 15) is 9.59 Å². The second kappa shape index (κ2) is 8.52. The molecule has 0 aromatic heterocycles. The minimum Gasteiger partial charge on any atom is -0.480 e. The number of carboxylic acid groups (broad SMARTS) is 1. The summed E-state index contributed by atoms with van der Waals surface area (Å²) in [5.41, 5.74) is 5.74. The first kappa shape index (κ1) is 17.3. The molecule has 0 unspecified atom stereocenters. The van der Waals surface area contributed by atoms with Crippen LogP contribution in [0, 0.1) is 5.41 Å². The molecule has 0 aromatic carbocycles. The maximum absolute atomic E-state index is 12.1. The third-order valence-corrected chi connectivity index (χ3v) is 4.77. The van der Waals surface area contributed by atoms with Crippen LogP contribution in [0.15, 0.2) is 0 Å². The predicted octanol–water partition coefficient (Wildman–Crippen LogP) is 1.61. The fourth-order valence-electron chi connectivity index (χ4n) is 2.83. The van der Waals surface area contributed by atoms with Crippen molar-refractivity contribution >= 4 is 23.6 Å². The van der Waals surface area contributed by atoms with E-state index in [-0.39, 0.29) is 11.3 Å². The van der Waals surface area contributed by atoms with Crippen molar-refractivity contribution in [1.29, 1.82) is 0 Å². The average molecular weight is 302 g/mol. The molecule has 20 heavy (non-hydrogen) atoms. The second-order valence-corrected chi connectivity index (χ2v) is 6.67. The van der Waals surface area contributed by atoms with Crippen molar-refractivity contribution in [1.82, 2.24) is 5.32 Å². The average Bonchev–Trinajstić information content (AvgIpc) is 2.44. The van der Waals surface area contributed by atoms with Crippen LogP contribution >= 0.6 is 11.8 Å². The Bertz CT molecular complexity index is 330. The molecule has 1 saturated carbocycles. The molecule has 116 valence electrons. The van der Waals surface area contributed by atoms with E-state index in [1.165, 1.54) is 6.42 Å². The van der Waals surface area contributed by atoms with Gasteiger partial charge in [0.1, 0.15) is 6.04 Å². The molecular formula is C14H26N2O3S. The Morgan fingerprint density at radius 2 is 2.00 bits per heavy atom. The molecular weight excluding hydrogens is 276 g/mol. The first-order valence-corrected chi connectivity index (χ1v) is 8.63. The van der Waals surface area contributed by atoms with Crippen LogP contribution in [0.4, 0.5) is 0 Å². The van der Waals surface area contributed by atoms with Crippen molar-refractivity contribution in [3.05, 3.63) is 0 Å². The molecule has 1 aliphatic carbocycles. The summed E-state index contributed by atoms with van der Waals surface area (Å²) in [4.78, 5) is 23.3. The second-order valence-electron chi connectivity index (χ2n) is 5.68. The van der Waals surface area contributed by atoms with Crippen LogP contribution in [0.25, 0.3) is 0 Å². The van der Waals surface area contributed by atoms with Crippen molar-refractivity contribution in [2.75, 3.05) is 18.6 Å². The summed E-state index contributed by atoms with van der Waals surface area (Å²) in [6, 6.07) is -0.784. The van der Waals surface area contributed by atoms with Gasteiger partial charge in [0.15, 0.2) is 0 Å². The highest BCUT2D eigenvalue weighted by Crippen LogP contribution is 2.38. The Kier molecular flexibility index (Phi) is 7.37. The number of thioether (sulfide) groups is 1. The molecule has 0 saturated heterocycles. The lowest BCUT2D eigenvalue weighted by atomic mass is 9.71. The molecule has 0 aromatic rings. The Balaban J connectivity index is 2.53. The lowest BCUT2D eigenvalue weighted by Crippen LogP contribution is -2.45. The van der Waals surface area contributed by atoms with Gasteiger partial charge in [-0.3, -0.25) is 4.79 Å². The van der Waals surface area contributed by atoms with E-state index in [0.717, 1.165) is 31.4 Å². The summed E-state index contributed by atoms with van der Waals surface area (Å²) >= 11 is 1.58. The highest BCUT2D eigenvalue weighted by Gasteiger charge is 2.33. The predicted molar refractivity (Wildman–Crippen MR) is 81.8 cm³/mol.